The van der Waals surface area contributed by atoms with Crippen LogP contribution in [0.3, 0.4) is 0 Å². The molecule has 3 saturated heterocycles. The highest BCUT2D eigenvalue weighted by Crippen LogP contribution is 2.43. The maximum atomic E-state index is 15.1. The van der Waals surface area contributed by atoms with Gasteiger partial charge in [0.15, 0.2) is 10.8 Å². The quantitative estimate of drug-likeness (QED) is 0.0944. The smallest absolute Gasteiger partial charge is 0.419 e. The van der Waals surface area contributed by atoms with Crippen molar-refractivity contribution in [3.05, 3.63) is 70.5 Å². The summed E-state index contributed by atoms with van der Waals surface area (Å²) in [5, 5.41) is 17.4. The van der Waals surface area contributed by atoms with Crippen LogP contribution in [0.1, 0.15) is 69.7 Å². The molecule has 3 aliphatic heterocycles. The van der Waals surface area contributed by atoms with Gasteiger partial charge < -0.3 is 20.3 Å². The Morgan fingerprint density at radius 2 is 1.70 bits per heavy atom. The molecule has 1 atom stereocenters. The van der Waals surface area contributed by atoms with E-state index >= 15 is 8.78 Å². The van der Waals surface area contributed by atoms with Crippen molar-refractivity contribution in [3.8, 4) is 11.8 Å². The number of nitrogens with zero attached hydrogens (tertiary/aromatic N) is 5. The summed E-state index contributed by atoms with van der Waals surface area (Å²) in [6, 6.07) is 10.1. The Hall–Kier alpha value is -5.16. The van der Waals surface area contributed by atoms with Crippen LogP contribution in [-0.2, 0) is 31.3 Å². The largest absolute Gasteiger partial charge is 0.493 e. The van der Waals surface area contributed by atoms with Crippen molar-refractivity contribution >= 4 is 87.7 Å². The van der Waals surface area contributed by atoms with Gasteiger partial charge in [0.2, 0.25) is 17.7 Å². The molecule has 3 aromatic rings. The first-order chi connectivity index (χ1) is 28.1. The Morgan fingerprint density at radius 1 is 1.03 bits per heavy atom. The van der Waals surface area contributed by atoms with E-state index in [1.165, 1.54) is 36.9 Å². The van der Waals surface area contributed by atoms with Gasteiger partial charge in [0, 0.05) is 35.4 Å². The SMILES string of the molecule is CC(F)(F)c1cc(N2C(=S)N(c3cnc(C#N)c(C(F)(F)F)c3)C(=O)C2(C)C)ccc1OCCC1CCN(CC(=O)Nc2cc(Cl)cc(NC3CCC(=O)NC3=O)c2)CC1.Cl. The molecule has 0 radical (unpaired) electrons. The van der Waals surface area contributed by atoms with Gasteiger partial charge in [-0.3, -0.25) is 34.3 Å². The zero-order valence-electron chi connectivity index (χ0n) is 33.0. The van der Waals surface area contributed by atoms with Gasteiger partial charge in [0.05, 0.1) is 36.2 Å². The number of anilines is 4. The van der Waals surface area contributed by atoms with Crippen LogP contribution in [0.2, 0.25) is 5.02 Å². The number of halogens is 7. The monoisotopic (exact) mass is 910 g/mol. The van der Waals surface area contributed by atoms with E-state index in [0.29, 0.717) is 55.3 Å². The minimum Gasteiger partial charge on any atom is -0.493 e. The first kappa shape index (κ1) is 46.9. The summed E-state index contributed by atoms with van der Waals surface area (Å²) in [6.07, 6.45) is -1.49. The van der Waals surface area contributed by atoms with Crippen LogP contribution in [0.5, 0.6) is 5.75 Å². The number of likely N-dealkylation sites (tertiary alicyclic amines) is 1. The summed E-state index contributed by atoms with van der Waals surface area (Å²) in [5.74, 6) is -5.07. The first-order valence-electron chi connectivity index (χ1n) is 18.9. The number of hydrogen-bond acceptors (Lipinski definition) is 10. The molecule has 326 valence electrons. The van der Waals surface area contributed by atoms with E-state index in [1.807, 2.05) is 4.90 Å². The lowest BCUT2D eigenvalue weighted by Gasteiger charge is -2.32. The second-order valence-corrected chi connectivity index (χ2v) is 16.2. The first-order valence-corrected chi connectivity index (χ1v) is 19.7. The molecule has 2 aromatic carbocycles. The van der Waals surface area contributed by atoms with E-state index in [-0.39, 0.29) is 71.9 Å². The molecule has 3 N–H and O–H groups in total. The lowest BCUT2D eigenvalue weighted by atomic mass is 9.94. The standard InChI is InChI=1S/C40H40ClF5N8O5S.ClH/c1-38(2)36(58)53(27-18-28(40(44,45)46)31(19-47)48-20-27)37(60)54(38)26-4-6-32(29(17-26)39(3,42)43)59-13-10-22-8-11-52(12-9-22)21-34(56)50-25-15-23(41)14-24(16-25)49-30-5-7-33(55)51-35(30)57;/h4,6,14-18,20,22,30,49H,5,7-13,21H2,1-3H3,(H,50,56)(H,51,55,57);1H. The van der Waals surface area contributed by atoms with E-state index in [1.54, 1.807) is 18.2 Å². The number of carbonyl (C=O) groups is 4. The number of pyridine rings is 1. The third-order valence-electron chi connectivity index (χ3n) is 10.5. The number of thiocarbonyl (C=S) groups is 1. The number of imide groups is 1. The van der Waals surface area contributed by atoms with Crippen LogP contribution in [-0.4, -0.2) is 76.4 Å². The van der Waals surface area contributed by atoms with Gasteiger partial charge in [-0.05, 0) is 113 Å². The number of aromatic nitrogens is 1. The van der Waals surface area contributed by atoms with Crippen LogP contribution in [0.4, 0.5) is 44.7 Å². The van der Waals surface area contributed by atoms with Crippen molar-refractivity contribution < 1.29 is 45.9 Å². The van der Waals surface area contributed by atoms with Gasteiger partial charge in [0.25, 0.3) is 11.8 Å². The van der Waals surface area contributed by atoms with Gasteiger partial charge in [-0.25, -0.2) is 13.8 Å². The number of piperidine rings is 2. The van der Waals surface area contributed by atoms with Gasteiger partial charge >= 0.3 is 6.18 Å². The maximum absolute atomic E-state index is 15.1. The van der Waals surface area contributed by atoms with Gasteiger partial charge in [-0.1, -0.05) is 11.6 Å². The fourth-order valence-corrected chi connectivity index (χ4v) is 8.17. The molecule has 3 aliphatic rings. The van der Waals surface area contributed by atoms with Crippen molar-refractivity contribution in [2.45, 2.75) is 76.6 Å². The number of nitriles is 1. The Labute approximate surface area is 364 Å². The number of nitrogens with one attached hydrogen (secondary N) is 3. The molecule has 1 unspecified atom stereocenters. The Balaban J connectivity index is 0.00000704. The summed E-state index contributed by atoms with van der Waals surface area (Å²) in [6.45, 7) is 5.06. The van der Waals surface area contributed by atoms with E-state index in [9.17, 15) is 32.3 Å². The van der Waals surface area contributed by atoms with Crippen LogP contribution in [0, 0.1) is 17.2 Å². The highest BCUT2D eigenvalue weighted by atomic mass is 35.5. The zero-order valence-corrected chi connectivity index (χ0v) is 35.4. The summed E-state index contributed by atoms with van der Waals surface area (Å²) < 4.78 is 77.3. The number of ether oxygens (including phenoxy) is 1. The van der Waals surface area contributed by atoms with E-state index in [2.05, 4.69) is 20.9 Å². The van der Waals surface area contributed by atoms with Gasteiger partial charge in [-0.2, -0.15) is 18.4 Å². The average molecular weight is 912 g/mol. The second-order valence-electron chi connectivity index (χ2n) is 15.4. The minimum atomic E-state index is -4.95. The molecule has 0 spiro atoms. The summed E-state index contributed by atoms with van der Waals surface area (Å²) in [7, 11) is 0. The normalized spacial score (nSPS) is 18.7. The van der Waals surface area contributed by atoms with E-state index in [4.69, 9.17) is 33.8 Å². The number of hydrogen-bond donors (Lipinski definition) is 3. The number of carbonyl (C=O) groups excluding carboxylic acids is 4. The molecule has 4 heterocycles. The number of rotatable bonds is 12. The number of amides is 4. The van der Waals surface area contributed by atoms with Crippen LogP contribution < -0.4 is 30.5 Å². The molecule has 13 nitrogen and oxygen atoms in total. The van der Waals surface area contributed by atoms with Crippen LogP contribution >= 0.6 is 36.2 Å². The van der Waals surface area contributed by atoms with Crippen molar-refractivity contribution in [1.29, 1.82) is 5.26 Å². The second kappa shape index (κ2) is 18.4. The van der Waals surface area contributed by atoms with E-state index in [0.717, 1.165) is 30.0 Å². The minimum absolute atomic E-state index is 0. The molecule has 0 aliphatic carbocycles. The third kappa shape index (κ3) is 10.7. The fraction of sp³-hybridized carbons (Fsp3) is 0.425. The molecule has 0 bridgehead atoms. The molecular weight excluding hydrogens is 870 g/mol. The molecule has 0 saturated carbocycles. The Bertz CT molecular complexity index is 2260. The maximum Gasteiger partial charge on any atom is 0.419 e. The highest BCUT2D eigenvalue weighted by Gasteiger charge is 2.51. The van der Waals surface area contributed by atoms with Gasteiger partial charge in [0.1, 0.15) is 23.4 Å². The molecular formula is C40H41Cl2F5N8O5S. The highest BCUT2D eigenvalue weighted by molar-refractivity contribution is 7.81. The lowest BCUT2D eigenvalue weighted by Crippen LogP contribution is -2.47. The topological polar surface area (TPSA) is 160 Å². The van der Waals surface area contributed by atoms with Gasteiger partial charge in [-0.15, -0.1) is 12.4 Å². The summed E-state index contributed by atoms with van der Waals surface area (Å²) in [5.41, 5.74) is -3.55. The summed E-state index contributed by atoms with van der Waals surface area (Å²) in [4.78, 5) is 57.9. The predicted octanol–water partition coefficient (Wildman–Crippen LogP) is 7.41. The number of benzene rings is 2. The molecule has 21 heteroatoms. The summed E-state index contributed by atoms with van der Waals surface area (Å²) >= 11 is 11.8. The van der Waals surface area contributed by atoms with Crippen molar-refractivity contribution in [3.63, 3.8) is 0 Å². The molecule has 4 amide bonds. The molecule has 3 fully saturated rings. The average Bonchev–Trinajstić information content (AvgIpc) is 3.34. The Kier molecular flexibility index (Phi) is 14.2. The van der Waals surface area contributed by atoms with Crippen molar-refractivity contribution in [1.82, 2.24) is 15.2 Å². The number of alkyl halides is 5. The third-order valence-corrected chi connectivity index (χ3v) is 11.1. The van der Waals surface area contributed by atoms with Crippen LogP contribution in [0.25, 0.3) is 0 Å². The lowest BCUT2D eigenvalue weighted by molar-refractivity contribution is -0.138. The van der Waals surface area contributed by atoms with E-state index < -0.39 is 52.3 Å². The van der Waals surface area contributed by atoms with Crippen molar-refractivity contribution in [2.75, 3.05) is 46.7 Å². The molecule has 61 heavy (non-hydrogen) atoms. The fourth-order valence-electron chi connectivity index (χ4n) is 7.41. The molecule has 1 aromatic heterocycles. The van der Waals surface area contributed by atoms with Crippen LogP contribution in [0.15, 0.2) is 48.7 Å². The van der Waals surface area contributed by atoms with Crippen molar-refractivity contribution in [2.24, 2.45) is 5.92 Å². The zero-order chi connectivity index (χ0) is 43.7. The molecule has 6 rings (SSSR count). The predicted molar refractivity (Wildman–Crippen MR) is 223 cm³/mol. The Morgan fingerprint density at radius 3 is 2.34 bits per heavy atom.